The first-order chi connectivity index (χ1) is 4.27. The molecule has 1 N–H and O–H groups in total. The maximum atomic E-state index is 9.91. The van der Waals surface area contributed by atoms with E-state index in [0.29, 0.717) is 13.0 Å². The Hall–Kier alpha value is -0.860. The number of aliphatic imine (C=N–C) groups is 1. The molecule has 3 nitrogen and oxygen atoms in total. The summed E-state index contributed by atoms with van der Waals surface area (Å²) in [6, 6.07) is 0. The molecule has 0 atom stereocenters. The van der Waals surface area contributed by atoms with Gasteiger partial charge in [-0.25, -0.2) is 0 Å². The fourth-order valence-corrected chi connectivity index (χ4v) is 0.451. The van der Waals surface area contributed by atoms with Gasteiger partial charge in [0, 0.05) is 13.0 Å². The molecule has 0 bridgehead atoms. The zero-order chi connectivity index (χ0) is 7.11. The summed E-state index contributed by atoms with van der Waals surface area (Å²) >= 11 is 0. The van der Waals surface area contributed by atoms with Gasteiger partial charge in [-0.2, -0.15) is 0 Å². The zero-order valence-corrected chi connectivity index (χ0v) is 5.50. The Labute approximate surface area is 54.4 Å². The molecule has 0 amide bonds. The zero-order valence-electron chi connectivity index (χ0n) is 5.50. The number of rotatable bonds is 4. The van der Waals surface area contributed by atoms with E-state index in [1.54, 1.807) is 6.21 Å². The number of hydrogen-bond acceptors (Lipinski definition) is 2. The van der Waals surface area contributed by atoms with Gasteiger partial charge in [-0.05, 0) is 19.6 Å². The van der Waals surface area contributed by atoms with E-state index in [1.165, 1.54) is 0 Å². The quantitative estimate of drug-likeness (QED) is 0.453. The normalized spacial score (nSPS) is 10.3. The van der Waals surface area contributed by atoms with Gasteiger partial charge in [0.05, 0.1) is 0 Å². The highest BCUT2D eigenvalue weighted by Crippen LogP contribution is 1.87. The Morgan fingerprint density at radius 2 is 2.44 bits per heavy atom. The summed E-state index contributed by atoms with van der Waals surface area (Å²) in [5.74, 6) is -0.749. The topological polar surface area (TPSA) is 49.7 Å². The molecule has 0 unspecified atom stereocenters. The second kappa shape index (κ2) is 5.28. The maximum Gasteiger partial charge on any atom is 0.303 e. The van der Waals surface area contributed by atoms with E-state index >= 15 is 0 Å². The third-order valence-electron chi connectivity index (χ3n) is 0.860. The van der Waals surface area contributed by atoms with Gasteiger partial charge < -0.3 is 5.11 Å². The van der Waals surface area contributed by atoms with Crippen LogP contribution in [-0.2, 0) is 4.79 Å². The van der Waals surface area contributed by atoms with E-state index in [0.717, 1.165) is 0 Å². The highest BCUT2D eigenvalue weighted by atomic mass is 16.4. The first kappa shape index (κ1) is 8.14. The molecule has 0 aromatic heterocycles. The second-order valence-corrected chi connectivity index (χ2v) is 1.66. The number of carboxylic acids is 1. The van der Waals surface area contributed by atoms with E-state index < -0.39 is 5.97 Å². The molecule has 0 aromatic rings. The van der Waals surface area contributed by atoms with Gasteiger partial charge in [0.2, 0.25) is 0 Å². The van der Waals surface area contributed by atoms with E-state index in [2.05, 4.69) is 4.99 Å². The number of carboxylic acid groups (broad SMARTS) is 1. The summed E-state index contributed by atoms with van der Waals surface area (Å²) in [6.45, 7) is 2.45. The summed E-state index contributed by atoms with van der Waals surface area (Å²) in [4.78, 5) is 13.8. The molecule has 9 heavy (non-hydrogen) atoms. The van der Waals surface area contributed by atoms with Crippen LogP contribution in [0.1, 0.15) is 19.8 Å². The molecule has 0 radical (unpaired) electrons. The van der Waals surface area contributed by atoms with Gasteiger partial charge in [0.25, 0.3) is 0 Å². The van der Waals surface area contributed by atoms with Crippen LogP contribution in [0.2, 0.25) is 0 Å². The van der Waals surface area contributed by atoms with Crippen LogP contribution in [0, 0.1) is 0 Å². The number of carbonyl (C=O) groups is 1. The van der Waals surface area contributed by atoms with Gasteiger partial charge in [-0.15, -0.1) is 0 Å². The summed E-state index contributed by atoms with van der Waals surface area (Å²) in [7, 11) is 0. The van der Waals surface area contributed by atoms with E-state index in [1.807, 2.05) is 6.92 Å². The lowest BCUT2D eigenvalue weighted by molar-refractivity contribution is -0.137. The second-order valence-electron chi connectivity index (χ2n) is 1.66. The number of hydrogen-bond donors (Lipinski definition) is 1. The molecule has 0 rings (SSSR count). The van der Waals surface area contributed by atoms with E-state index in [4.69, 9.17) is 5.11 Å². The summed E-state index contributed by atoms with van der Waals surface area (Å²) in [6.07, 6.45) is 2.54. The summed E-state index contributed by atoms with van der Waals surface area (Å²) in [5.41, 5.74) is 0. The maximum absolute atomic E-state index is 9.91. The Bertz CT molecular complexity index is 110. The number of nitrogens with zero attached hydrogens (tertiary/aromatic N) is 1. The molecule has 0 spiro atoms. The van der Waals surface area contributed by atoms with Crippen molar-refractivity contribution >= 4 is 12.2 Å². The van der Waals surface area contributed by atoms with Crippen LogP contribution in [0.15, 0.2) is 4.99 Å². The minimum absolute atomic E-state index is 0.220. The SMILES string of the molecule is CC=NCCCC(=O)O. The molecule has 0 saturated carbocycles. The highest BCUT2D eigenvalue weighted by molar-refractivity contribution is 5.66. The third-order valence-corrected chi connectivity index (χ3v) is 0.860. The van der Waals surface area contributed by atoms with Crippen molar-refractivity contribution in [2.24, 2.45) is 4.99 Å². The van der Waals surface area contributed by atoms with Crippen LogP contribution in [-0.4, -0.2) is 23.8 Å². The average Bonchev–Trinajstić information content (AvgIpc) is 1.80. The van der Waals surface area contributed by atoms with Crippen molar-refractivity contribution < 1.29 is 9.90 Å². The van der Waals surface area contributed by atoms with Gasteiger partial charge in [-0.3, -0.25) is 9.79 Å². The summed E-state index contributed by atoms with van der Waals surface area (Å²) in [5, 5.41) is 8.16. The van der Waals surface area contributed by atoms with Crippen molar-refractivity contribution in [2.45, 2.75) is 19.8 Å². The summed E-state index contributed by atoms with van der Waals surface area (Å²) < 4.78 is 0. The van der Waals surface area contributed by atoms with Crippen molar-refractivity contribution in [3.8, 4) is 0 Å². The molecule has 0 aliphatic carbocycles. The van der Waals surface area contributed by atoms with Crippen molar-refractivity contribution in [2.75, 3.05) is 6.54 Å². The van der Waals surface area contributed by atoms with Crippen LogP contribution in [0.5, 0.6) is 0 Å². The minimum atomic E-state index is -0.749. The first-order valence-corrected chi connectivity index (χ1v) is 2.93. The predicted octanol–water partition coefficient (Wildman–Crippen LogP) is 0.942. The molecular weight excluding hydrogens is 118 g/mol. The Balaban J connectivity index is 3.01. The Morgan fingerprint density at radius 3 is 2.89 bits per heavy atom. The highest BCUT2D eigenvalue weighted by Gasteiger charge is 1.92. The number of aliphatic carboxylic acids is 1. The predicted molar refractivity (Wildman–Crippen MR) is 35.9 cm³/mol. The lowest BCUT2D eigenvalue weighted by Gasteiger charge is -1.88. The molecule has 3 heteroatoms. The standard InChI is InChI=1S/C6H11NO2/c1-2-7-5-3-4-6(8)9/h2H,3-5H2,1H3,(H,8,9). The van der Waals surface area contributed by atoms with Crippen LogP contribution in [0.4, 0.5) is 0 Å². The van der Waals surface area contributed by atoms with Gasteiger partial charge in [0.15, 0.2) is 0 Å². The molecule has 0 aliphatic rings. The van der Waals surface area contributed by atoms with Gasteiger partial charge >= 0.3 is 5.97 Å². The molecule has 0 heterocycles. The van der Waals surface area contributed by atoms with Crippen molar-refractivity contribution in [3.63, 3.8) is 0 Å². The largest absolute Gasteiger partial charge is 0.481 e. The molecule has 0 aromatic carbocycles. The van der Waals surface area contributed by atoms with Crippen LogP contribution >= 0.6 is 0 Å². The van der Waals surface area contributed by atoms with Crippen molar-refractivity contribution in [3.05, 3.63) is 0 Å². The third kappa shape index (κ3) is 7.14. The fraction of sp³-hybridized carbons (Fsp3) is 0.667. The Morgan fingerprint density at radius 1 is 1.78 bits per heavy atom. The minimum Gasteiger partial charge on any atom is -0.481 e. The van der Waals surface area contributed by atoms with Crippen molar-refractivity contribution in [1.29, 1.82) is 0 Å². The van der Waals surface area contributed by atoms with E-state index in [9.17, 15) is 4.79 Å². The van der Waals surface area contributed by atoms with Crippen LogP contribution in [0.3, 0.4) is 0 Å². The Kier molecular flexibility index (Phi) is 4.78. The van der Waals surface area contributed by atoms with E-state index in [-0.39, 0.29) is 6.42 Å². The van der Waals surface area contributed by atoms with Gasteiger partial charge in [-0.1, -0.05) is 0 Å². The lowest BCUT2D eigenvalue weighted by atomic mass is 10.3. The monoisotopic (exact) mass is 129 g/mol. The van der Waals surface area contributed by atoms with Crippen molar-refractivity contribution in [1.82, 2.24) is 0 Å². The molecule has 0 saturated heterocycles. The fourth-order valence-electron chi connectivity index (χ4n) is 0.451. The average molecular weight is 129 g/mol. The first-order valence-electron chi connectivity index (χ1n) is 2.93. The lowest BCUT2D eigenvalue weighted by Crippen LogP contribution is -1.94. The van der Waals surface area contributed by atoms with Crippen LogP contribution in [0.25, 0.3) is 0 Å². The smallest absolute Gasteiger partial charge is 0.303 e. The molecule has 52 valence electrons. The van der Waals surface area contributed by atoms with Crippen LogP contribution < -0.4 is 0 Å². The molecule has 0 fully saturated rings. The van der Waals surface area contributed by atoms with Gasteiger partial charge in [0.1, 0.15) is 0 Å². The molecule has 0 aliphatic heterocycles. The molecular formula is C6H11NO2.